The molecule has 0 saturated carbocycles. The predicted molar refractivity (Wildman–Crippen MR) is 132 cm³/mol. The molecule has 0 spiro atoms. The Hall–Kier alpha value is -2.49. The minimum absolute atomic E-state index is 0.107. The van der Waals surface area contributed by atoms with E-state index < -0.39 is 10.0 Å². The maximum Gasteiger partial charge on any atom is 0.261 e. The van der Waals surface area contributed by atoms with Crippen LogP contribution in [0.4, 0.5) is 5.69 Å². The summed E-state index contributed by atoms with van der Waals surface area (Å²) in [4.78, 5) is 12.9. The van der Waals surface area contributed by atoms with Crippen molar-refractivity contribution in [3.63, 3.8) is 0 Å². The second-order valence-electron chi connectivity index (χ2n) is 7.07. The van der Waals surface area contributed by atoms with Crippen LogP contribution in [0.3, 0.4) is 0 Å². The average molecular weight is 478 g/mol. The van der Waals surface area contributed by atoms with Crippen molar-refractivity contribution in [3.05, 3.63) is 54.1 Å². The Bertz CT molecular complexity index is 1000. The lowest BCUT2D eigenvalue weighted by Crippen LogP contribution is -2.34. The maximum absolute atomic E-state index is 12.7. The summed E-state index contributed by atoms with van der Waals surface area (Å²) in [6, 6.07) is 13.3. The highest BCUT2D eigenvalue weighted by atomic mass is 32.2. The van der Waals surface area contributed by atoms with Gasteiger partial charge in [0.1, 0.15) is 5.75 Å². The lowest BCUT2D eigenvalue weighted by atomic mass is 10.2. The first-order chi connectivity index (χ1) is 15.3. The van der Waals surface area contributed by atoms with Crippen molar-refractivity contribution in [2.45, 2.75) is 44.9 Å². The molecular formula is C23H31N3O4S2. The summed E-state index contributed by atoms with van der Waals surface area (Å²) in [5, 5.41) is 5.66. The number of ether oxygens (including phenoxy) is 1. The van der Waals surface area contributed by atoms with Crippen molar-refractivity contribution in [2.24, 2.45) is 0 Å². The standard InChI is InChI=1S/C23H31N3O4S2/c1-4-7-10-17-30-21-12-9-8-11-20(21)22(27)25-23(31)24-18-13-15-19(16-14-18)32(28,29)26(5-2)6-3/h8-9,11-16H,4-7,10,17H2,1-3H3,(H2,24,25,27,31). The Morgan fingerprint density at radius 2 is 1.66 bits per heavy atom. The molecule has 0 aliphatic rings. The smallest absolute Gasteiger partial charge is 0.261 e. The van der Waals surface area contributed by atoms with E-state index in [1.165, 1.54) is 16.4 Å². The summed E-state index contributed by atoms with van der Waals surface area (Å²) < 4.78 is 32.3. The molecule has 0 heterocycles. The van der Waals surface area contributed by atoms with E-state index in [4.69, 9.17) is 17.0 Å². The number of sulfonamides is 1. The van der Waals surface area contributed by atoms with E-state index in [-0.39, 0.29) is 15.9 Å². The number of rotatable bonds is 11. The van der Waals surface area contributed by atoms with Crippen molar-refractivity contribution in [3.8, 4) is 5.75 Å². The van der Waals surface area contributed by atoms with Crippen molar-refractivity contribution in [2.75, 3.05) is 25.0 Å². The largest absolute Gasteiger partial charge is 0.493 e. The molecule has 2 rings (SSSR count). The molecule has 7 nitrogen and oxygen atoms in total. The zero-order valence-electron chi connectivity index (χ0n) is 18.8. The van der Waals surface area contributed by atoms with Crippen LogP contribution in [-0.4, -0.2) is 43.4 Å². The number of nitrogens with one attached hydrogen (secondary N) is 2. The summed E-state index contributed by atoms with van der Waals surface area (Å²) in [7, 11) is -3.53. The summed E-state index contributed by atoms with van der Waals surface area (Å²) in [6.45, 7) is 7.06. The van der Waals surface area contributed by atoms with Crippen LogP contribution < -0.4 is 15.4 Å². The highest BCUT2D eigenvalue weighted by Gasteiger charge is 2.21. The first kappa shape index (κ1) is 25.8. The van der Waals surface area contributed by atoms with E-state index in [0.29, 0.717) is 36.7 Å². The average Bonchev–Trinajstić information content (AvgIpc) is 2.78. The number of thiocarbonyl (C=S) groups is 1. The van der Waals surface area contributed by atoms with Gasteiger partial charge in [-0.05, 0) is 55.0 Å². The minimum Gasteiger partial charge on any atom is -0.493 e. The molecule has 174 valence electrons. The summed E-state index contributed by atoms with van der Waals surface area (Å²) >= 11 is 5.25. The van der Waals surface area contributed by atoms with E-state index in [9.17, 15) is 13.2 Å². The molecular weight excluding hydrogens is 446 g/mol. The molecule has 32 heavy (non-hydrogen) atoms. The summed E-state index contributed by atoms with van der Waals surface area (Å²) in [5.41, 5.74) is 0.965. The molecule has 2 aromatic carbocycles. The number of carbonyl (C=O) groups is 1. The Morgan fingerprint density at radius 3 is 2.28 bits per heavy atom. The van der Waals surface area contributed by atoms with Gasteiger partial charge in [-0.3, -0.25) is 10.1 Å². The fourth-order valence-electron chi connectivity index (χ4n) is 3.07. The van der Waals surface area contributed by atoms with Gasteiger partial charge in [-0.25, -0.2) is 8.42 Å². The normalized spacial score (nSPS) is 11.2. The second kappa shape index (κ2) is 12.5. The van der Waals surface area contributed by atoms with Gasteiger partial charge < -0.3 is 10.1 Å². The fraction of sp³-hybridized carbons (Fsp3) is 0.391. The van der Waals surface area contributed by atoms with E-state index in [1.807, 2.05) is 6.07 Å². The molecule has 2 N–H and O–H groups in total. The molecule has 0 aliphatic heterocycles. The molecule has 0 radical (unpaired) electrons. The number of anilines is 1. The first-order valence-corrected chi connectivity index (χ1v) is 12.6. The van der Waals surface area contributed by atoms with Crippen LogP contribution in [0.25, 0.3) is 0 Å². The molecule has 1 amide bonds. The molecule has 0 unspecified atom stereocenters. The van der Waals surface area contributed by atoms with Crippen LogP contribution in [0.15, 0.2) is 53.4 Å². The Balaban J connectivity index is 2.00. The van der Waals surface area contributed by atoms with Crippen molar-refractivity contribution in [1.29, 1.82) is 0 Å². The number of carbonyl (C=O) groups excluding carboxylic acids is 1. The van der Waals surface area contributed by atoms with E-state index >= 15 is 0 Å². The van der Waals surface area contributed by atoms with Gasteiger partial charge in [-0.1, -0.05) is 45.7 Å². The Morgan fingerprint density at radius 1 is 1.00 bits per heavy atom. The summed E-state index contributed by atoms with van der Waals surface area (Å²) in [5.74, 6) is 0.129. The van der Waals surface area contributed by atoms with Gasteiger partial charge in [0.15, 0.2) is 5.11 Å². The number of amides is 1. The van der Waals surface area contributed by atoms with E-state index in [1.54, 1.807) is 44.2 Å². The maximum atomic E-state index is 12.7. The fourth-order valence-corrected chi connectivity index (χ4v) is 4.74. The molecule has 0 atom stereocenters. The second-order valence-corrected chi connectivity index (χ2v) is 9.42. The van der Waals surface area contributed by atoms with Gasteiger partial charge in [0.25, 0.3) is 5.91 Å². The molecule has 0 aliphatic carbocycles. The molecule has 0 saturated heterocycles. The first-order valence-electron chi connectivity index (χ1n) is 10.8. The number of hydrogen-bond donors (Lipinski definition) is 2. The number of nitrogens with zero attached hydrogens (tertiary/aromatic N) is 1. The highest BCUT2D eigenvalue weighted by molar-refractivity contribution is 7.89. The SMILES string of the molecule is CCCCCOc1ccccc1C(=O)NC(=S)Nc1ccc(S(=O)(=O)N(CC)CC)cc1. The third-order valence-electron chi connectivity index (χ3n) is 4.82. The van der Waals surface area contributed by atoms with Crippen LogP contribution in [0.2, 0.25) is 0 Å². The van der Waals surface area contributed by atoms with Gasteiger partial charge >= 0.3 is 0 Å². The van der Waals surface area contributed by atoms with Gasteiger partial charge in [-0.15, -0.1) is 0 Å². The summed E-state index contributed by atoms with van der Waals surface area (Å²) in [6.07, 6.45) is 3.08. The Labute approximate surface area is 196 Å². The molecule has 9 heteroatoms. The van der Waals surface area contributed by atoms with Gasteiger partial charge in [0.2, 0.25) is 10.0 Å². The monoisotopic (exact) mass is 477 g/mol. The van der Waals surface area contributed by atoms with Crippen LogP contribution in [0, 0.1) is 0 Å². The molecule has 0 fully saturated rings. The topological polar surface area (TPSA) is 87.7 Å². The number of hydrogen-bond acceptors (Lipinski definition) is 5. The van der Waals surface area contributed by atoms with Crippen molar-refractivity contribution in [1.82, 2.24) is 9.62 Å². The van der Waals surface area contributed by atoms with Crippen LogP contribution in [0.1, 0.15) is 50.4 Å². The van der Waals surface area contributed by atoms with E-state index in [2.05, 4.69) is 17.6 Å². The van der Waals surface area contributed by atoms with Gasteiger partial charge in [-0.2, -0.15) is 4.31 Å². The minimum atomic E-state index is -3.53. The van der Waals surface area contributed by atoms with Crippen LogP contribution >= 0.6 is 12.2 Å². The molecule has 0 aromatic heterocycles. The van der Waals surface area contributed by atoms with Crippen molar-refractivity contribution < 1.29 is 17.9 Å². The predicted octanol–water partition coefficient (Wildman–Crippen LogP) is 4.41. The number of para-hydroxylation sites is 1. The number of unbranched alkanes of at least 4 members (excludes halogenated alkanes) is 2. The molecule has 2 aromatic rings. The highest BCUT2D eigenvalue weighted by Crippen LogP contribution is 2.20. The van der Waals surface area contributed by atoms with E-state index in [0.717, 1.165) is 19.3 Å². The van der Waals surface area contributed by atoms with Crippen LogP contribution in [0.5, 0.6) is 5.75 Å². The zero-order chi connectivity index (χ0) is 23.6. The third-order valence-corrected chi connectivity index (χ3v) is 7.09. The zero-order valence-corrected chi connectivity index (χ0v) is 20.4. The van der Waals surface area contributed by atoms with Crippen LogP contribution in [-0.2, 0) is 10.0 Å². The number of benzene rings is 2. The molecule has 0 bridgehead atoms. The third kappa shape index (κ3) is 7.01. The lowest BCUT2D eigenvalue weighted by molar-refractivity contribution is 0.0973. The lowest BCUT2D eigenvalue weighted by Gasteiger charge is -2.18. The Kier molecular flexibility index (Phi) is 10.1. The van der Waals surface area contributed by atoms with Crippen molar-refractivity contribution >= 4 is 38.9 Å². The quantitative estimate of drug-likeness (QED) is 0.368. The van der Waals surface area contributed by atoms with Gasteiger partial charge in [0, 0.05) is 18.8 Å². The van der Waals surface area contributed by atoms with Gasteiger partial charge in [0.05, 0.1) is 17.1 Å².